The van der Waals surface area contributed by atoms with Crippen LogP contribution in [-0.4, -0.2) is 83.1 Å². The van der Waals surface area contributed by atoms with Gasteiger partial charge in [0.2, 0.25) is 0 Å². The Labute approximate surface area is 261 Å². The summed E-state index contributed by atoms with van der Waals surface area (Å²) in [6.07, 6.45) is 6.78. The van der Waals surface area contributed by atoms with E-state index < -0.39 is 0 Å². The Bertz CT molecular complexity index is 1260. The van der Waals surface area contributed by atoms with E-state index in [0.29, 0.717) is 107 Å². The maximum absolute atomic E-state index is 13.5. The van der Waals surface area contributed by atoms with Crippen LogP contribution in [0.1, 0.15) is 72.0 Å². The van der Waals surface area contributed by atoms with Gasteiger partial charge in [-0.3, -0.25) is 4.79 Å². The molecule has 240 valence electrons. The van der Waals surface area contributed by atoms with E-state index in [4.69, 9.17) is 28.4 Å². The number of aryl methyl sites for hydroxylation is 1. The minimum atomic E-state index is -0.147. The van der Waals surface area contributed by atoms with E-state index in [1.54, 1.807) is 6.07 Å². The number of aliphatic hydroxyl groups is 1. The van der Waals surface area contributed by atoms with Gasteiger partial charge in [-0.2, -0.15) is 0 Å². The van der Waals surface area contributed by atoms with Crippen LogP contribution in [0.2, 0.25) is 0 Å². The fourth-order valence-corrected chi connectivity index (χ4v) is 8.10. The van der Waals surface area contributed by atoms with Crippen molar-refractivity contribution >= 4 is 5.78 Å². The molecule has 2 saturated carbocycles. The van der Waals surface area contributed by atoms with Crippen LogP contribution in [0.25, 0.3) is 0 Å². The summed E-state index contributed by atoms with van der Waals surface area (Å²) in [7, 11) is 0. The summed E-state index contributed by atoms with van der Waals surface area (Å²) in [6, 6.07) is 12.1. The molecule has 44 heavy (non-hydrogen) atoms. The molecule has 8 nitrogen and oxygen atoms in total. The lowest BCUT2D eigenvalue weighted by Gasteiger charge is -2.50. The monoisotopic (exact) mass is 608 g/mol. The van der Waals surface area contributed by atoms with Crippen LogP contribution in [0.5, 0.6) is 11.5 Å². The number of ketones is 1. The van der Waals surface area contributed by atoms with Crippen molar-refractivity contribution in [3.8, 4) is 11.5 Å². The molecule has 2 aromatic carbocycles. The van der Waals surface area contributed by atoms with Crippen molar-refractivity contribution in [2.75, 3.05) is 66.1 Å². The number of hydrogen-bond donors (Lipinski definition) is 1. The molecule has 0 radical (unpaired) electrons. The van der Waals surface area contributed by atoms with Gasteiger partial charge in [-0.1, -0.05) is 25.1 Å². The minimum absolute atomic E-state index is 0.0506. The zero-order valence-corrected chi connectivity index (χ0v) is 26.1. The first-order valence-corrected chi connectivity index (χ1v) is 16.6. The van der Waals surface area contributed by atoms with Crippen LogP contribution in [-0.2, 0) is 31.8 Å². The van der Waals surface area contributed by atoms with Gasteiger partial charge >= 0.3 is 0 Å². The normalized spacial score (nSPS) is 30.2. The largest absolute Gasteiger partial charge is 0.487 e. The second kappa shape index (κ2) is 14.7. The maximum atomic E-state index is 13.5. The number of Topliss-reactive ketones (excluding diaryl/α,β-unsaturated/α-hetero) is 1. The molecule has 2 aromatic rings. The quantitative estimate of drug-likeness (QED) is 0.478. The predicted octanol–water partition coefficient (Wildman–Crippen LogP) is 5.17. The summed E-state index contributed by atoms with van der Waals surface area (Å²) in [5, 5.41) is 10.7. The molecule has 4 aliphatic rings. The summed E-state index contributed by atoms with van der Waals surface area (Å²) < 4.78 is 34.2. The molecule has 2 fully saturated rings. The van der Waals surface area contributed by atoms with Crippen molar-refractivity contribution in [3.05, 3.63) is 58.7 Å². The highest BCUT2D eigenvalue weighted by Crippen LogP contribution is 2.60. The first kappa shape index (κ1) is 31.5. The third-order valence-corrected chi connectivity index (χ3v) is 10.5. The van der Waals surface area contributed by atoms with Gasteiger partial charge in [0.05, 0.1) is 59.0 Å². The first-order chi connectivity index (χ1) is 21.5. The molecule has 1 heterocycles. The molecule has 0 amide bonds. The van der Waals surface area contributed by atoms with E-state index in [0.717, 1.165) is 37.7 Å². The van der Waals surface area contributed by atoms with Crippen molar-refractivity contribution in [1.29, 1.82) is 0 Å². The molecule has 8 heteroatoms. The van der Waals surface area contributed by atoms with Crippen LogP contribution >= 0.6 is 0 Å². The molecule has 0 spiro atoms. The molecule has 3 aliphatic carbocycles. The summed E-state index contributed by atoms with van der Waals surface area (Å²) >= 11 is 0. The van der Waals surface area contributed by atoms with Crippen LogP contribution in [0.3, 0.4) is 0 Å². The number of hydrogen-bond acceptors (Lipinski definition) is 8. The lowest BCUT2D eigenvalue weighted by molar-refractivity contribution is -0.0226. The second-order valence-corrected chi connectivity index (χ2v) is 13.0. The number of carbonyl (C=O) groups excluding carboxylic acids is 1. The van der Waals surface area contributed by atoms with Crippen molar-refractivity contribution in [2.24, 2.45) is 17.3 Å². The SMILES string of the molecule is C[C@]12CCC3c4ccc(CC(=O)c5ccc6c(c5)OCCOCCOCCOCCOCCO6)cc4CC[C@H]3C1CC[C@@H]2O. The van der Waals surface area contributed by atoms with Gasteiger partial charge in [0.25, 0.3) is 0 Å². The Kier molecular flexibility index (Phi) is 10.5. The number of rotatable bonds is 3. The smallest absolute Gasteiger partial charge is 0.167 e. The van der Waals surface area contributed by atoms with Gasteiger partial charge in [0.15, 0.2) is 17.3 Å². The predicted molar refractivity (Wildman–Crippen MR) is 166 cm³/mol. The number of benzene rings is 2. The van der Waals surface area contributed by atoms with E-state index in [9.17, 15) is 9.90 Å². The zero-order valence-electron chi connectivity index (χ0n) is 26.1. The Morgan fingerprint density at radius 2 is 1.43 bits per heavy atom. The zero-order chi connectivity index (χ0) is 30.4. The third kappa shape index (κ3) is 7.15. The summed E-state index contributed by atoms with van der Waals surface area (Å²) in [4.78, 5) is 13.5. The molecule has 6 rings (SSSR count). The molecule has 0 saturated heterocycles. The first-order valence-electron chi connectivity index (χ1n) is 16.6. The lowest BCUT2D eigenvalue weighted by atomic mass is 9.55. The van der Waals surface area contributed by atoms with Crippen LogP contribution in [0, 0.1) is 17.3 Å². The van der Waals surface area contributed by atoms with Gasteiger partial charge in [-0.15, -0.1) is 0 Å². The summed E-state index contributed by atoms with van der Waals surface area (Å²) in [6.45, 7) is 6.83. The minimum Gasteiger partial charge on any atom is -0.487 e. The molecular weight excluding hydrogens is 560 g/mol. The van der Waals surface area contributed by atoms with Crippen molar-refractivity contribution in [2.45, 2.75) is 63.9 Å². The highest BCUT2D eigenvalue weighted by molar-refractivity contribution is 5.98. The summed E-state index contributed by atoms with van der Waals surface area (Å²) in [5.41, 5.74) is 4.61. The van der Waals surface area contributed by atoms with Gasteiger partial charge < -0.3 is 33.5 Å². The number of aliphatic hydroxyl groups excluding tert-OH is 1. The number of fused-ring (bicyclic) bond motifs is 6. The second-order valence-electron chi connectivity index (χ2n) is 13.0. The molecule has 0 bridgehead atoms. The molecule has 5 atom stereocenters. The van der Waals surface area contributed by atoms with E-state index >= 15 is 0 Å². The van der Waals surface area contributed by atoms with Crippen molar-refractivity contribution < 1.29 is 38.3 Å². The highest BCUT2D eigenvalue weighted by Gasteiger charge is 2.54. The Hall–Kier alpha value is -2.49. The van der Waals surface area contributed by atoms with Gasteiger partial charge in [0.1, 0.15) is 13.2 Å². The van der Waals surface area contributed by atoms with E-state index in [1.165, 1.54) is 17.5 Å². The van der Waals surface area contributed by atoms with Crippen LogP contribution < -0.4 is 9.47 Å². The van der Waals surface area contributed by atoms with E-state index in [1.807, 2.05) is 12.1 Å². The average molecular weight is 609 g/mol. The van der Waals surface area contributed by atoms with Crippen LogP contribution in [0.15, 0.2) is 36.4 Å². The van der Waals surface area contributed by atoms with Gasteiger partial charge in [0, 0.05) is 12.0 Å². The fraction of sp³-hybridized carbons (Fsp3) is 0.639. The van der Waals surface area contributed by atoms with E-state index in [2.05, 4.69) is 25.1 Å². The maximum Gasteiger partial charge on any atom is 0.167 e. The third-order valence-electron chi connectivity index (χ3n) is 10.5. The van der Waals surface area contributed by atoms with Gasteiger partial charge in [-0.05, 0) is 96.6 Å². The fourth-order valence-electron chi connectivity index (χ4n) is 8.10. The van der Waals surface area contributed by atoms with Gasteiger partial charge in [-0.25, -0.2) is 0 Å². The Morgan fingerprint density at radius 3 is 2.14 bits per heavy atom. The number of carbonyl (C=O) groups is 1. The highest BCUT2D eigenvalue weighted by atomic mass is 16.6. The average Bonchev–Trinajstić information content (AvgIpc) is 3.34. The standard InChI is InChI=1S/C36H48O8/c1-36-11-10-29-28-5-2-25(22-26(28)3-6-30(29)31(36)7-9-35(36)38)23-32(37)27-4-8-33-34(24-27)44-21-19-42-17-15-40-13-12-39-14-16-41-18-20-43-33/h2,4-5,8,22,24,29-31,35,38H,3,6-7,9-21,23H2,1H3/t29?,30-,31?,35+,36+/m1/s1. The topological polar surface area (TPSA) is 92.7 Å². The van der Waals surface area contributed by atoms with Crippen molar-refractivity contribution in [1.82, 2.24) is 0 Å². The summed E-state index contributed by atoms with van der Waals surface area (Å²) in [5.74, 6) is 3.01. The molecular formula is C36H48O8. The molecule has 2 unspecified atom stereocenters. The number of ether oxygens (including phenoxy) is 6. The molecule has 1 N–H and O–H groups in total. The lowest BCUT2D eigenvalue weighted by Crippen LogP contribution is -2.43. The Morgan fingerprint density at radius 1 is 0.773 bits per heavy atom. The van der Waals surface area contributed by atoms with Crippen LogP contribution in [0.4, 0.5) is 0 Å². The van der Waals surface area contributed by atoms with E-state index in [-0.39, 0.29) is 17.3 Å². The Balaban J connectivity index is 1.10. The van der Waals surface area contributed by atoms with Crippen molar-refractivity contribution in [3.63, 3.8) is 0 Å². The molecule has 1 aliphatic heterocycles. The molecule has 0 aromatic heterocycles.